The van der Waals surface area contributed by atoms with Crippen LogP contribution in [0, 0.1) is 0 Å². The predicted octanol–water partition coefficient (Wildman–Crippen LogP) is 0.120. The Balaban J connectivity index is 1.92. The van der Waals surface area contributed by atoms with E-state index in [9.17, 15) is 0 Å². The molecule has 1 unspecified atom stereocenters. The van der Waals surface area contributed by atoms with Crippen LogP contribution in [0.15, 0.2) is 4.99 Å². The van der Waals surface area contributed by atoms with E-state index in [4.69, 9.17) is 4.74 Å². The van der Waals surface area contributed by atoms with Crippen molar-refractivity contribution in [1.82, 2.24) is 5.32 Å². The third-order valence-electron chi connectivity index (χ3n) is 1.82. The van der Waals surface area contributed by atoms with Crippen molar-refractivity contribution in [2.75, 3.05) is 31.2 Å². The van der Waals surface area contributed by atoms with E-state index < -0.39 is 0 Å². The maximum atomic E-state index is 5.55. The fraction of sp³-hybridized carbons (Fsp3) is 0.857. The molecule has 11 heavy (non-hydrogen) atoms. The Kier molecular flexibility index (Phi) is 2.33. The zero-order valence-electron chi connectivity index (χ0n) is 6.38. The summed E-state index contributed by atoms with van der Waals surface area (Å²) >= 11 is 1.94. The van der Waals surface area contributed by atoms with Crippen molar-refractivity contribution in [3.8, 4) is 0 Å². The van der Waals surface area contributed by atoms with Crippen LogP contribution in [0.3, 0.4) is 0 Å². The van der Waals surface area contributed by atoms with Gasteiger partial charge in [-0.2, -0.15) is 11.8 Å². The SMILES string of the molecule is C1CNC(C2CSCCO2)=N1. The number of nitrogens with zero attached hydrogens (tertiary/aromatic N) is 1. The van der Waals surface area contributed by atoms with E-state index in [-0.39, 0.29) is 6.10 Å². The molecule has 1 N–H and O–H groups in total. The molecule has 4 heteroatoms. The van der Waals surface area contributed by atoms with Crippen molar-refractivity contribution in [3.05, 3.63) is 0 Å². The van der Waals surface area contributed by atoms with Crippen LogP contribution in [0.4, 0.5) is 0 Å². The summed E-state index contributed by atoms with van der Waals surface area (Å²) in [4.78, 5) is 4.33. The number of rotatable bonds is 1. The van der Waals surface area contributed by atoms with Crippen LogP contribution in [-0.4, -0.2) is 43.1 Å². The normalized spacial score (nSPS) is 31.3. The molecule has 0 amide bonds. The number of aliphatic imine (C=N–C) groups is 1. The van der Waals surface area contributed by atoms with Gasteiger partial charge in [-0.1, -0.05) is 0 Å². The highest BCUT2D eigenvalue weighted by molar-refractivity contribution is 7.99. The number of hydrogen-bond acceptors (Lipinski definition) is 4. The maximum absolute atomic E-state index is 5.55. The molecule has 0 aromatic heterocycles. The Labute approximate surface area is 70.6 Å². The van der Waals surface area contributed by atoms with Gasteiger partial charge in [0, 0.05) is 18.1 Å². The molecule has 0 spiro atoms. The van der Waals surface area contributed by atoms with Crippen molar-refractivity contribution in [3.63, 3.8) is 0 Å². The second-order valence-corrected chi connectivity index (χ2v) is 3.78. The first-order valence-corrected chi connectivity index (χ1v) is 5.10. The van der Waals surface area contributed by atoms with Crippen LogP contribution < -0.4 is 5.32 Å². The van der Waals surface area contributed by atoms with Gasteiger partial charge in [0.2, 0.25) is 0 Å². The summed E-state index contributed by atoms with van der Waals surface area (Å²) < 4.78 is 5.55. The summed E-state index contributed by atoms with van der Waals surface area (Å²) in [7, 11) is 0. The molecule has 2 rings (SSSR count). The minimum atomic E-state index is 0.247. The molecule has 3 nitrogen and oxygen atoms in total. The van der Waals surface area contributed by atoms with Gasteiger partial charge >= 0.3 is 0 Å². The summed E-state index contributed by atoms with van der Waals surface area (Å²) in [5.41, 5.74) is 0. The van der Waals surface area contributed by atoms with Gasteiger partial charge in [-0.3, -0.25) is 4.99 Å². The van der Waals surface area contributed by atoms with Crippen LogP contribution in [0.5, 0.6) is 0 Å². The summed E-state index contributed by atoms with van der Waals surface area (Å²) in [6, 6.07) is 0. The molecule has 0 aliphatic carbocycles. The lowest BCUT2D eigenvalue weighted by molar-refractivity contribution is 0.119. The fourth-order valence-corrected chi connectivity index (χ4v) is 2.13. The summed E-state index contributed by atoms with van der Waals surface area (Å²) in [5, 5.41) is 3.24. The first-order chi connectivity index (χ1) is 5.47. The van der Waals surface area contributed by atoms with Gasteiger partial charge < -0.3 is 10.1 Å². The maximum Gasteiger partial charge on any atom is 0.127 e. The molecular weight excluding hydrogens is 160 g/mol. The highest BCUT2D eigenvalue weighted by Gasteiger charge is 2.21. The van der Waals surface area contributed by atoms with Crippen molar-refractivity contribution < 1.29 is 4.74 Å². The fourth-order valence-electron chi connectivity index (χ4n) is 1.28. The molecule has 0 aromatic rings. The first-order valence-electron chi connectivity index (χ1n) is 3.94. The van der Waals surface area contributed by atoms with Crippen molar-refractivity contribution in [2.24, 2.45) is 4.99 Å². The first kappa shape index (κ1) is 7.43. The molecule has 2 aliphatic rings. The third-order valence-corrected chi connectivity index (χ3v) is 2.81. The second kappa shape index (κ2) is 3.45. The summed E-state index contributed by atoms with van der Waals surface area (Å²) in [6.45, 7) is 2.77. The third kappa shape index (κ3) is 1.68. The lowest BCUT2D eigenvalue weighted by atomic mass is 10.3. The molecule has 1 fully saturated rings. The standard InChI is InChI=1S/C7H12N2OS/c1-2-9-7(8-1)6-5-11-4-3-10-6/h6H,1-5H2,(H,8,9). The number of thioether (sulfide) groups is 1. The van der Waals surface area contributed by atoms with Crippen LogP contribution >= 0.6 is 11.8 Å². The molecule has 0 aromatic carbocycles. The molecule has 1 atom stereocenters. The van der Waals surface area contributed by atoms with Crippen LogP contribution in [0.2, 0.25) is 0 Å². The Morgan fingerprint density at radius 3 is 3.27 bits per heavy atom. The minimum absolute atomic E-state index is 0.247. The summed E-state index contributed by atoms with van der Waals surface area (Å²) in [6.07, 6.45) is 0.247. The monoisotopic (exact) mass is 172 g/mol. The van der Waals surface area contributed by atoms with Gasteiger partial charge in [-0.05, 0) is 0 Å². The van der Waals surface area contributed by atoms with E-state index in [1.165, 1.54) is 0 Å². The molecule has 0 saturated carbocycles. The van der Waals surface area contributed by atoms with Crippen molar-refractivity contribution in [1.29, 1.82) is 0 Å². The predicted molar refractivity (Wildman–Crippen MR) is 47.4 cm³/mol. The Morgan fingerprint density at radius 2 is 2.64 bits per heavy atom. The van der Waals surface area contributed by atoms with Gasteiger partial charge in [0.25, 0.3) is 0 Å². The Hall–Kier alpha value is -0.220. The second-order valence-electron chi connectivity index (χ2n) is 2.63. The number of amidine groups is 1. The van der Waals surface area contributed by atoms with E-state index in [0.717, 1.165) is 37.0 Å². The lowest BCUT2D eigenvalue weighted by Gasteiger charge is -2.22. The minimum Gasteiger partial charge on any atom is -0.370 e. The topological polar surface area (TPSA) is 33.6 Å². The van der Waals surface area contributed by atoms with E-state index in [2.05, 4.69) is 10.3 Å². The van der Waals surface area contributed by atoms with E-state index in [1.54, 1.807) is 0 Å². The van der Waals surface area contributed by atoms with E-state index >= 15 is 0 Å². The number of hydrogen-bond donors (Lipinski definition) is 1. The highest BCUT2D eigenvalue weighted by atomic mass is 32.2. The molecule has 1 saturated heterocycles. The van der Waals surface area contributed by atoms with Gasteiger partial charge in [-0.25, -0.2) is 0 Å². The molecular formula is C7H12N2OS. The molecule has 0 bridgehead atoms. The Morgan fingerprint density at radius 1 is 1.64 bits per heavy atom. The zero-order chi connectivity index (χ0) is 7.52. The van der Waals surface area contributed by atoms with Crippen LogP contribution in [0.25, 0.3) is 0 Å². The molecule has 62 valence electrons. The van der Waals surface area contributed by atoms with Gasteiger partial charge in [0.15, 0.2) is 0 Å². The average molecular weight is 172 g/mol. The van der Waals surface area contributed by atoms with Crippen LogP contribution in [-0.2, 0) is 4.74 Å². The van der Waals surface area contributed by atoms with Gasteiger partial charge in [0.1, 0.15) is 11.9 Å². The van der Waals surface area contributed by atoms with Crippen molar-refractivity contribution >= 4 is 17.6 Å². The molecule has 0 radical (unpaired) electrons. The quantitative estimate of drug-likeness (QED) is 0.610. The van der Waals surface area contributed by atoms with Gasteiger partial charge in [0.05, 0.1) is 13.2 Å². The number of ether oxygens (including phenoxy) is 1. The number of nitrogens with one attached hydrogen (secondary N) is 1. The molecule has 2 aliphatic heterocycles. The molecule has 2 heterocycles. The smallest absolute Gasteiger partial charge is 0.127 e. The lowest BCUT2D eigenvalue weighted by Crippen LogP contribution is -2.38. The van der Waals surface area contributed by atoms with Crippen molar-refractivity contribution in [2.45, 2.75) is 6.10 Å². The highest BCUT2D eigenvalue weighted by Crippen LogP contribution is 2.13. The van der Waals surface area contributed by atoms with E-state index in [1.807, 2.05) is 11.8 Å². The largest absolute Gasteiger partial charge is 0.370 e. The van der Waals surface area contributed by atoms with Gasteiger partial charge in [-0.15, -0.1) is 0 Å². The Bertz CT molecular complexity index is 166. The van der Waals surface area contributed by atoms with Crippen LogP contribution in [0.1, 0.15) is 0 Å². The zero-order valence-corrected chi connectivity index (χ0v) is 7.19. The van der Waals surface area contributed by atoms with E-state index in [0.29, 0.717) is 0 Å². The average Bonchev–Trinajstić information content (AvgIpc) is 2.58. The summed E-state index contributed by atoms with van der Waals surface area (Å²) in [5.74, 6) is 3.26.